The van der Waals surface area contributed by atoms with Gasteiger partial charge < -0.3 is 15.4 Å². The Morgan fingerprint density at radius 3 is 2.95 bits per heavy atom. The third-order valence-electron chi connectivity index (χ3n) is 2.79. The molecule has 0 radical (unpaired) electrons. The smallest absolute Gasteiger partial charge is 0.261 e. The molecule has 1 aliphatic heterocycles. The van der Waals surface area contributed by atoms with E-state index in [1.54, 1.807) is 18.2 Å². The van der Waals surface area contributed by atoms with Gasteiger partial charge in [-0.05, 0) is 30.7 Å². The summed E-state index contributed by atoms with van der Waals surface area (Å²) in [6.45, 7) is 2.32. The fourth-order valence-corrected chi connectivity index (χ4v) is 2.10. The zero-order valence-electron chi connectivity index (χ0n) is 10.5. The Morgan fingerprint density at radius 1 is 1.42 bits per heavy atom. The van der Waals surface area contributed by atoms with Gasteiger partial charge in [0.05, 0.1) is 6.54 Å². The highest BCUT2D eigenvalue weighted by Gasteiger charge is 2.29. The topological polar surface area (TPSA) is 67.4 Å². The Hall–Kier alpha value is -1.75. The molecule has 0 aromatic heterocycles. The molecule has 0 saturated heterocycles. The number of halogens is 1. The van der Waals surface area contributed by atoms with Crippen molar-refractivity contribution in [3.63, 3.8) is 0 Å². The molecule has 102 valence electrons. The van der Waals surface area contributed by atoms with Gasteiger partial charge in [0.1, 0.15) is 5.75 Å². The van der Waals surface area contributed by atoms with Gasteiger partial charge in [-0.2, -0.15) is 0 Å². The highest BCUT2D eigenvalue weighted by molar-refractivity contribution is 6.30. The van der Waals surface area contributed by atoms with Crippen molar-refractivity contribution in [1.29, 1.82) is 0 Å². The highest BCUT2D eigenvalue weighted by Crippen LogP contribution is 2.30. The largest absolute Gasteiger partial charge is 0.480 e. The number of benzene rings is 1. The van der Waals surface area contributed by atoms with Crippen LogP contribution < -0.4 is 15.4 Å². The molecule has 0 saturated carbocycles. The molecule has 0 fully saturated rings. The van der Waals surface area contributed by atoms with Crippen molar-refractivity contribution in [3.05, 3.63) is 28.8 Å². The summed E-state index contributed by atoms with van der Waals surface area (Å²) >= 11 is 5.88. The molecule has 1 aliphatic rings. The zero-order chi connectivity index (χ0) is 13.8. The number of fused-ring (bicyclic) bond motifs is 1. The molecule has 19 heavy (non-hydrogen) atoms. The monoisotopic (exact) mass is 282 g/mol. The first-order valence-electron chi connectivity index (χ1n) is 6.09. The molecule has 2 N–H and O–H groups in total. The maximum atomic E-state index is 11.9. The van der Waals surface area contributed by atoms with Crippen LogP contribution in [0.5, 0.6) is 5.75 Å². The minimum atomic E-state index is -0.595. The van der Waals surface area contributed by atoms with Gasteiger partial charge in [-0.1, -0.05) is 11.6 Å². The standard InChI is InChI=1S/C13H15ClN2O3/c1-2-15-12(17)7-16-13(18)11-6-8-5-9(14)3-4-10(8)19-11/h3-5,11H,2,6-7H2,1H3,(H,15,17)(H,16,18)/t11-/m0/s1. The van der Waals surface area contributed by atoms with E-state index in [2.05, 4.69) is 10.6 Å². The third-order valence-corrected chi connectivity index (χ3v) is 3.02. The van der Waals surface area contributed by atoms with E-state index in [1.807, 2.05) is 6.92 Å². The van der Waals surface area contributed by atoms with Crippen molar-refractivity contribution in [2.24, 2.45) is 0 Å². The molecule has 1 aromatic rings. The number of hydrogen-bond acceptors (Lipinski definition) is 3. The number of nitrogens with one attached hydrogen (secondary N) is 2. The lowest BCUT2D eigenvalue weighted by molar-refractivity contribution is -0.130. The molecule has 1 aromatic carbocycles. The predicted molar refractivity (Wildman–Crippen MR) is 71.3 cm³/mol. The van der Waals surface area contributed by atoms with E-state index < -0.39 is 6.10 Å². The summed E-state index contributed by atoms with van der Waals surface area (Å²) < 4.78 is 5.51. The zero-order valence-corrected chi connectivity index (χ0v) is 11.3. The second-order valence-electron chi connectivity index (χ2n) is 4.23. The highest BCUT2D eigenvalue weighted by atomic mass is 35.5. The van der Waals surface area contributed by atoms with Crippen molar-refractivity contribution >= 4 is 23.4 Å². The van der Waals surface area contributed by atoms with Crippen molar-refractivity contribution in [2.75, 3.05) is 13.1 Å². The van der Waals surface area contributed by atoms with Crippen LogP contribution in [0, 0.1) is 0 Å². The van der Waals surface area contributed by atoms with Gasteiger partial charge in [-0.25, -0.2) is 0 Å². The normalized spacial score (nSPS) is 16.4. The van der Waals surface area contributed by atoms with Crippen molar-refractivity contribution in [3.8, 4) is 5.75 Å². The number of hydrogen-bond donors (Lipinski definition) is 2. The predicted octanol–water partition coefficient (Wildman–Crippen LogP) is 0.896. The molecule has 2 rings (SSSR count). The Morgan fingerprint density at radius 2 is 2.21 bits per heavy atom. The summed E-state index contributed by atoms with van der Waals surface area (Å²) in [5.74, 6) is 0.163. The Balaban J connectivity index is 1.88. The fraction of sp³-hybridized carbons (Fsp3) is 0.385. The number of rotatable bonds is 4. The average molecular weight is 283 g/mol. The van der Waals surface area contributed by atoms with Crippen LogP contribution in [0.25, 0.3) is 0 Å². The minimum absolute atomic E-state index is 0.0381. The quantitative estimate of drug-likeness (QED) is 0.862. The summed E-state index contributed by atoms with van der Waals surface area (Å²) in [6, 6.07) is 5.25. The second-order valence-corrected chi connectivity index (χ2v) is 4.67. The van der Waals surface area contributed by atoms with Gasteiger partial charge >= 0.3 is 0 Å². The van der Waals surface area contributed by atoms with E-state index in [9.17, 15) is 9.59 Å². The van der Waals surface area contributed by atoms with Gasteiger partial charge in [0, 0.05) is 18.0 Å². The van der Waals surface area contributed by atoms with Gasteiger partial charge in [0.25, 0.3) is 5.91 Å². The first kappa shape index (κ1) is 13.7. The molecule has 6 heteroatoms. The molecule has 0 bridgehead atoms. The molecule has 0 spiro atoms. The van der Waals surface area contributed by atoms with Gasteiger partial charge in [-0.15, -0.1) is 0 Å². The molecule has 0 aliphatic carbocycles. The minimum Gasteiger partial charge on any atom is -0.480 e. The SMILES string of the molecule is CCNC(=O)CNC(=O)[C@@H]1Cc2cc(Cl)ccc2O1. The maximum Gasteiger partial charge on any atom is 0.261 e. The molecule has 0 unspecified atom stereocenters. The summed E-state index contributed by atoms with van der Waals surface area (Å²) in [5.41, 5.74) is 0.908. The van der Waals surface area contributed by atoms with Gasteiger partial charge in [0.2, 0.25) is 5.91 Å². The van der Waals surface area contributed by atoms with Crippen LogP contribution in [0.15, 0.2) is 18.2 Å². The number of amides is 2. The molecule has 5 nitrogen and oxygen atoms in total. The maximum absolute atomic E-state index is 11.9. The third kappa shape index (κ3) is 3.38. The van der Waals surface area contributed by atoms with Crippen LogP contribution in [0.1, 0.15) is 12.5 Å². The van der Waals surface area contributed by atoms with E-state index >= 15 is 0 Å². The summed E-state index contributed by atoms with van der Waals surface area (Å²) in [6.07, 6.45) is -0.125. The number of carbonyl (C=O) groups excluding carboxylic acids is 2. The van der Waals surface area contributed by atoms with Crippen LogP contribution in [-0.4, -0.2) is 31.0 Å². The van der Waals surface area contributed by atoms with Crippen LogP contribution in [-0.2, 0) is 16.0 Å². The number of likely N-dealkylation sites (N-methyl/N-ethyl adjacent to an activating group) is 1. The van der Waals surface area contributed by atoms with Crippen LogP contribution in [0.2, 0.25) is 5.02 Å². The fourth-order valence-electron chi connectivity index (χ4n) is 1.90. The van der Waals surface area contributed by atoms with E-state index in [0.717, 1.165) is 5.56 Å². The van der Waals surface area contributed by atoms with Crippen molar-refractivity contribution < 1.29 is 14.3 Å². The van der Waals surface area contributed by atoms with Crippen molar-refractivity contribution in [2.45, 2.75) is 19.4 Å². The number of ether oxygens (including phenoxy) is 1. The first-order chi connectivity index (χ1) is 9.10. The van der Waals surface area contributed by atoms with Crippen LogP contribution in [0.4, 0.5) is 0 Å². The molecule has 1 heterocycles. The van der Waals surface area contributed by atoms with Gasteiger partial charge in [0.15, 0.2) is 6.10 Å². The van der Waals surface area contributed by atoms with Gasteiger partial charge in [-0.3, -0.25) is 9.59 Å². The van der Waals surface area contributed by atoms with E-state index in [4.69, 9.17) is 16.3 Å². The van der Waals surface area contributed by atoms with Crippen LogP contribution in [0.3, 0.4) is 0 Å². The summed E-state index contributed by atoms with van der Waals surface area (Å²) in [5, 5.41) is 5.77. The summed E-state index contributed by atoms with van der Waals surface area (Å²) in [7, 11) is 0. The average Bonchev–Trinajstić information content (AvgIpc) is 2.79. The Labute approximate surface area is 116 Å². The lowest BCUT2D eigenvalue weighted by atomic mass is 10.1. The number of carbonyl (C=O) groups is 2. The second kappa shape index (κ2) is 5.93. The summed E-state index contributed by atoms with van der Waals surface area (Å²) in [4.78, 5) is 23.1. The molecule has 1 atom stereocenters. The molecular formula is C13H15ClN2O3. The molecular weight excluding hydrogens is 268 g/mol. The first-order valence-corrected chi connectivity index (χ1v) is 6.47. The lowest BCUT2D eigenvalue weighted by Crippen LogP contribution is -2.43. The van der Waals surface area contributed by atoms with E-state index in [-0.39, 0.29) is 18.4 Å². The van der Waals surface area contributed by atoms with E-state index in [0.29, 0.717) is 23.7 Å². The lowest BCUT2D eigenvalue weighted by Gasteiger charge is -2.11. The Bertz CT molecular complexity index is 505. The molecule has 2 amide bonds. The Kier molecular flexibility index (Phi) is 4.27. The van der Waals surface area contributed by atoms with Crippen LogP contribution >= 0.6 is 11.6 Å². The van der Waals surface area contributed by atoms with E-state index in [1.165, 1.54) is 0 Å². The van der Waals surface area contributed by atoms with Crippen molar-refractivity contribution in [1.82, 2.24) is 10.6 Å².